The highest BCUT2D eigenvalue weighted by Gasteiger charge is 2.22. The Kier molecular flexibility index (Phi) is 7.18. The molecule has 1 heterocycles. The van der Waals surface area contributed by atoms with Crippen molar-refractivity contribution in [2.75, 3.05) is 13.1 Å². The van der Waals surface area contributed by atoms with E-state index in [0.717, 1.165) is 57.2 Å². The summed E-state index contributed by atoms with van der Waals surface area (Å²) in [6.45, 7) is 1.73. The van der Waals surface area contributed by atoms with Crippen molar-refractivity contribution in [3.63, 3.8) is 0 Å². The number of likely N-dealkylation sites (tertiary alicyclic amines) is 1. The van der Waals surface area contributed by atoms with E-state index in [9.17, 15) is 14.7 Å². The van der Waals surface area contributed by atoms with Crippen molar-refractivity contribution in [1.29, 1.82) is 0 Å². The predicted octanol–water partition coefficient (Wildman–Crippen LogP) is 4.37. The molecule has 2 aliphatic rings. The number of benzene rings is 2. The van der Waals surface area contributed by atoms with Gasteiger partial charge in [-0.1, -0.05) is 48.5 Å². The Balaban J connectivity index is 1.17. The van der Waals surface area contributed by atoms with Gasteiger partial charge in [-0.05, 0) is 67.6 Å². The van der Waals surface area contributed by atoms with Crippen LogP contribution in [0, 0.1) is 5.92 Å². The lowest BCUT2D eigenvalue weighted by Gasteiger charge is -2.15. The molecular formula is C27H33NO3. The van der Waals surface area contributed by atoms with Crippen LogP contribution in [0.2, 0.25) is 0 Å². The monoisotopic (exact) mass is 419 g/mol. The Morgan fingerprint density at radius 3 is 2.23 bits per heavy atom. The van der Waals surface area contributed by atoms with Crippen LogP contribution in [-0.4, -0.2) is 40.9 Å². The second kappa shape index (κ2) is 10.2. The SMILES string of the molecule is O=C(CC[C@H](O)CCC1Cc2ccccc2C1)c1ccc(CC(=O)N2CCCC2)cc1. The molecule has 4 rings (SSSR count). The summed E-state index contributed by atoms with van der Waals surface area (Å²) in [4.78, 5) is 26.7. The fourth-order valence-corrected chi connectivity index (χ4v) is 4.93. The first kappa shape index (κ1) is 21.8. The van der Waals surface area contributed by atoms with Crippen LogP contribution in [-0.2, 0) is 24.1 Å². The van der Waals surface area contributed by atoms with Crippen molar-refractivity contribution in [1.82, 2.24) is 4.90 Å². The number of aliphatic hydroxyl groups is 1. The number of carbonyl (C=O) groups excluding carboxylic acids is 2. The minimum absolute atomic E-state index is 0.0599. The third kappa shape index (κ3) is 5.82. The van der Waals surface area contributed by atoms with Gasteiger partial charge < -0.3 is 10.0 Å². The average molecular weight is 420 g/mol. The number of hydrogen-bond donors (Lipinski definition) is 1. The zero-order chi connectivity index (χ0) is 21.6. The zero-order valence-corrected chi connectivity index (χ0v) is 18.3. The van der Waals surface area contributed by atoms with E-state index in [-0.39, 0.29) is 11.7 Å². The van der Waals surface area contributed by atoms with E-state index in [1.807, 2.05) is 29.2 Å². The fraction of sp³-hybridized carbons (Fsp3) is 0.481. The Hall–Kier alpha value is -2.46. The molecule has 1 aliphatic carbocycles. The Morgan fingerprint density at radius 1 is 0.935 bits per heavy atom. The van der Waals surface area contributed by atoms with Gasteiger partial charge in [0.05, 0.1) is 12.5 Å². The molecule has 4 nitrogen and oxygen atoms in total. The van der Waals surface area contributed by atoms with Gasteiger partial charge in [0.1, 0.15) is 0 Å². The first-order valence-corrected chi connectivity index (χ1v) is 11.7. The van der Waals surface area contributed by atoms with Gasteiger partial charge in [0, 0.05) is 25.1 Å². The summed E-state index contributed by atoms with van der Waals surface area (Å²) in [7, 11) is 0. The highest BCUT2D eigenvalue weighted by atomic mass is 16.3. The van der Waals surface area contributed by atoms with Crippen molar-refractivity contribution in [2.45, 2.75) is 63.9 Å². The minimum atomic E-state index is -0.426. The molecule has 0 unspecified atom stereocenters. The summed E-state index contributed by atoms with van der Waals surface area (Å²) < 4.78 is 0. The molecule has 0 saturated carbocycles. The highest BCUT2D eigenvalue weighted by Crippen LogP contribution is 2.30. The molecule has 1 amide bonds. The molecule has 31 heavy (non-hydrogen) atoms. The number of aliphatic hydroxyl groups excluding tert-OH is 1. The van der Waals surface area contributed by atoms with Crippen LogP contribution in [0.5, 0.6) is 0 Å². The lowest BCUT2D eigenvalue weighted by Crippen LogP contribution is -2.29. The summed E-state index contributed by atoms with van der Waals surface area (Å²) in [6, 6.07) is 16.0. The molecule has 2 aromatic rings. The molecule has 1 saturated heterocycles. The second-order valence-corrected chi connectivity index (χ2v) is 9.20. The Bertz CT molecular complexity index is 874. The van der Waals surface area contributed by atoms with E-state index in [1.165, 1.54) is 11.1 Å². The standard InChI is InChI=1S/C27H33NO3/c29-25(12-9-21-17-23-5-1-2-6-24(23)18-21)13-14-26(30)22-10-7-20(8-11-22)19-27(31)28-15-3-4-16-28/h1-2,5-8,10-11,21,25,29H,3-4,9,12-19H2/t25-/m1/s1. The van der Waals surface area contributed by atoms with Gasteiger partial charge in [-0.15, -0.1) is 0 Å². The maximum Gasteiger partial charge on any atom is 0.226 e. The van der Waals surface area contributed by atoms with Gasteiger partial charge in [0.2, 0.25) is 5.91 Å². The van der Waals surface area contributed by atoms with Crippen LogP contribution in [0.15, 0.2) is 48.5 Å². The predicted molar refractivity (Wildman–Crippen MR) is 122 cm³/mol. The van der Waals surface area contributed by atoms with Crippen LogP contribution >= 0.6 is 0 Å². The largest absolute Gasteiger partial charge is 0.393 e. The Labute approximate surface area is 185 Å². The number of hydrogen-bond acceptors (Lipinski definition) is 3. The van der Waals surface area contributed by atoms with E-state index >= 15 is 0 Å². The number of nitrogens with zero attached hydrogens (tertiary/aromatic N) is 1. The van der Waals surface area contributed by atoms with Crippen molar-refractivity contribution in [2.24, 2.45) is 5.92 Å². The number of amides is 1. The van der Waals surface area contributed by atoms with Gasteiger partial charge in [-0.2, -0.15) is 0 Å². The molecule has 2 aromatic carbocycles. The van der Waals surface area contributed by atoms with E-state index in [0.29, 0.717) is 30.7 Å². The second-order valence-electron chi connectivity index (χ2n) is 9.20. The molecule has 0 bridgehead atoms. The Morgan fingerprint density at radius 2 is 1.58 bits per heavy atom. The van der Waals surface area contributed by atoms with E-state index in [4.69, 9.17) is 0 Å². The maximum atomic E-state index is 12.5. The van der Waals surface area contributed by atoms with Crippen molar-refractivity contribution in [3.05, 3.63) is 70.8 Å². The fourth-order valence-electron chi connectivity index (χ4n) is 4.93. The lowest BCUT2D eigenvalue weighted by molar-refractivity contribution is -0.129. The summed E-state index contributed by atoms with van der Waals surface area (Å²) in [5.74, 6) is 0.841. The number of fused-ring (bicyclic) bond motifs is 1. The smallest absolute Gasteiger partial charge is 0.226 e. The third-order valence-electron chi connectivity index (χ3n) is 6.84. The maximum absolute atomic E-state index is 12.5. The summed E-state index contributed by atoms with van der Waals surface area (Å²) in [6.07, 6.45) is 7.00. The highest BCUT2D eigenvalue weighted by molar-refractivity contribution is 5.96. The van der Waals surface area contributed by atoms with Crippen molar-refractivity contribution in [3.8, 4) is 0 Å². The van der Waals surface area contributed by atoms with Crippen LogP contribution in [0.1, 0.15) is 65.6 Å². The number of Topliss-reactive ketones (excluding diaryl/α,β-unsaturated/α-hetero) is 1. The number of ketones is 1. The van der Waals surface area contributed by atoms with Crippen LogP contribution < -0.4 is 0 Å². The minimum Gasteiger partial charge on any atom is -0.393 e. The molecule has 4 heteroatoms. The van der Waals surface area contributed by atoms with Gasteiger partial charge in [-0.25, -0.2) is 0 Å². The summed E-state index contributed by atoms with van der Waals surface area (Å²) in [5.41, 5.74) is 4.51. The van der Waals surface area contributed by atoms with Gasteiger partial charge in [0.15, 0.2) is 5.78 Å². The van der Waals surface area contributed by atoms with Crippen LogP contribution in [0.25, 0.3) is 0 Å². The van der Waals surface area contributed by atoms with Crippen molar-refractivity contribution >= 4 is 11.7 Å². The topological polar surface area (TPSA) is 57.6 Å². The molecule has 1 atom stereocenters. The molecular weight excluding hydrogens is 386 g/mol. The molecule has 1 fully saturated rings. The van der Waals surface area contributed by atoms with E-state index < -0.39 is 6.10 Å². The molecule has 1 aliphatic heterocycles. The molecule has 0 spiro atoms. The quantitative estimate of drug-likeness (QED) is 0.614. The van der Waals surface area contributed by atoms with Gasteiger partial charge in [-0.3, -0.25) is 9.59 Å². The average Bonchev–Trinajstić information content (AvgIpc) is 3.46. The molecule has 164 valence electrons. The van der Waals surface area contributed by atoms with Crippen LogP contribution in [0.3, 0.4) is 0 Å². The first-order chi connectivity index (χ1) is 15.1. The van der Waals surface area contributed by atoms with E-state index in [2.05, 4.69) is 24.3 Å². The van der Waals surface area contributed by atoms with E-state index in [1.54, 1.807) is 0 Å². The normalized spacial score (nSPS) is 17.0. The molecule has 0 aromatic heterocycles. The summed E-state index contributed by atoms with van der Waals surface area (Å²) in [5, 5.41) is 10.4. The first-order valence-electron chi connectivity index (χ1n) is 11.7. The van der Waals surface area contributed by atoms with Gasteiger partial charge in [0.25, 0.3) is 0 Å². The molecule has 0 radical (unpaired) electrons. The lowest BCUT2D eigenvalue weighted by atomic mass is 9.95. The molecule has 1 N–H and O–H groups in total. The number of rotatable bonds is 9. The number of carbonyl (C=O) groups is 2. The third-order valence-corrected chi connectivity index (χ3v) is 6.84. The zero-order valence-electron chi connectivity index (χ0n) is 18.3. The summed E-state index contributed by atoms with van der Waals surface area (Å²) >= 11 is 0. The van der Waals surface area contributed by atoms with Crippen LogP contribution in [0.4, 0.5) is 0 Å². The van der Waals surface area contributed by atoms with Crippen molar-refractivity contribution < 1.29 is 14.7 Å². The van der Waals surface area contributed by atoms with Gasteiger partial charge >= 0.3 is 0 Å².